The van der Waals surface area contributed by atoms with E-state index in [0.29, 0.717) is 24.0 Å². The molecule has 0 saturated carbocycles. The van der Waals surface area contributed by atoms with Gasteiger partial charge in [-0.15, -0.1) is 0 Å². The Balaban J connectivity index is 2.03. The first-order chi connectivity index (χ1) is 12.8. The number of carbonyl (C=O) groups is 2. The molecule has 7 nitrogen and oxygen atoms in total. The fraction of sp³-hybridized carbons (Fsp3) is 0.450. The number of aromatic nitrogens is 2. The summed E-state index contributed by atoms with van der Waals surface area (Å²) in [7, 11) is 1.74. The van der Waals surface area contributed by atoms with Crippen molar-refractivity contribution in [1.82, 2.24) is 14.7 Å². The number of aliphatic carboxylic acids is 1. The summed E-state index contributed by atoms with van der Waals surface area (Å²) in [4.78, 5) is 24.9. The van der Waals surface area contributed by atoms with Crippen molar-refractivity contribution in [3.8, 4) is 5.75 Å². The van der Waals surface area contributed by atoms with Crippen molar-refractivity contribution in [2.45, 2.75) is 46.2 Å². The molecule has 0 fully saturated rings. The van der Waals surface area contributed by atoms with Crippen molar-refractivity contribution in [1.29, 1.82) is 0 Å². The Morgan fingerprint density at radius 3 is 2.41 bits per heavy atom. The van der Waals surface area contributed by atoms with Crippen LogP contribution in [0.3, 0.4) is 0 Å². The molecule has 0 saturated heterocycles. The third kappa shape index (κ3) is 5.32. The van der Waals surface area contributed by atoms with E-state index in [4.69, 9.17) is 9.84 Å². The van der Waals surface area contributed by atoms with Crippen LogP contribution in [0.25, 0.3) is 0 Å². The maximum atomic E-state index is 12.7. The number of nitrogens with zero attached hydrogens (tertiary/aromatic N) is 3. The van der Waals surface area contributed by atoms with Gasteiger partial charge in [0, 0.05) is 19.3 Å². The lowest BCUT2D eigenvalue weighted by molar-refractivity contribution is -0.139. The highest BCUT2D eigenvalue weighted by Crippen LogP contribution is 2.19. The molecule has 0 aliphatic rings. The van der Waals surface area contributed by atoms with Crippen LogP contribution in [-0.4, -0.2) is 45.3 Å². The van der Waals surface area contributed by atoms with Crippen LogP contribution in [-0.2, 0) is 11.3 Å². The Morgan fingerprint density at radius 1 is 1.22 bits per heavy atom. The highest BCUT2D eigenvalue weighted by molar-refractivity contribution is 5.92. The molecule has 146 valence electrons. The van der Waals surface area contributed by atoms with E-state index >= 15 is 0 Å². The van der Waals surface area contributed by atoms with Crippen molar-refractivity contribution < 1.29 is 19.4 Å². The molecule has 0 unspecified atom stereocenters. The number of carboxylic acids is 1. The Labute approximate surface area is 159 Å². The second-order valence-electron chi connectivity index (χ2n) is 6.57. The molecule has 0 bridgehead atoms. The Morgan fingerprint density at radius 2 is 1.85 bits per heavy atom. The molecule has 1 aromatic heterocycles. The van der Waals surface area contributed by atoms with Gasteiger partial charge in [0.15, 0.2) is 12.3 Å². The lowest BCUT2D eigenvalue weighted by atomic mass is 10.2. The van der Waals surface area contributed by atoms with E-state index in [-0.39, 0.29) is 12.5 Å². The molecular weight excluding hydrogens is 346 g/mol. The van der Waals surface area contributed by atoms with Gasteiger partial charge in [-0.25, -0.2) is 4.79 Å². The number of carboxylic acid groups (broad SMARTS) is 1. The zero-order chi connectivity index (χ0) is 20.0. The number of ether oxygens (including phenoxy) is 1. The Hall–Kier alpha value is -2.83. The maximum Gasteiger partial charge on any atom is 0.341 e. The summed E-state index contributed by atoms with van der Waals surface area (Å²) in [6.07, 6.45) is 1.94. The average molecular weight is 373 g/mol. The molecule has 27 heavy (non-hydrogen) atoms. The van der Waals surface area contributed by atoms with Gasteiger partial charge in [0.2, 0.25) is 0 Å². The number of hydrogen-bond donors (Lipinski definition) is 1. The maximum absolute atomic E-state index is 12.7. The number of aryl methyl sites for hydroxylation is 1. The van der Waals surface area contributed by atoms with E-state index in [2.05, 4.69) is 18.9 Å². The number of benzene rings is 1. The summed E-state index contributed by atoms with van der Waals surface area (Å²) < 4.78 is 7.05. The monoisotopic (exact) mass is 373 g/mol. The van der Waals surface area contributed by atoms with Crippen molar-refractivity contribution >= 4 is 11.9 Å². The van der Waals surface area contributed by atoms with E-state index < -0.39 is 5.97 Å². The molecule has 0 aliphatic heterocycles. The Bertz CT molecular complexity index is 779. The topological polar surface area (TPSA) is 84.7 Å². The van der Waals surface area contributed by atoms with Crippen LogP contribution in [0.4, 0.5) is 0 Å². The molecule has 0 atom stereocenters. The molecule has 1 N–H and O–H groups in total. The second kappa shape index (κ2) is 9.21. The average Bonchev–Trinajstić information content (AvgIpc) is 3.03. The number of carbonyl (C=O) groups excluding carboxylic acids is 1. The van der Waals surface area contributed by atoms with Crippen LogP contribution in [0.5, 0.6) is 5.75 Å². The molecule has 1 heterocycles. The van der Waals surface area contributed by atoms with E-state index in [1.165, 1.54) is 0 Å². The molecule has 2 rings (SSSR count). The molecule has 1 aromatic carbocycles. The molecular formula is C20H27N3O4. The molecule has 7 heteroatoms. The van der Waals surface area contributed by atoms with Gasteiger partial charge in [0.1, 0.15) is 5.75 Å². The van der Waals surface area contributed by atoms with Gasteiger partial charge < -0.3 is 14.7 Å². The van der Waals surface area contributed by atoms with E-state index in [9.17, 15) is 9.59 Å². The lowest BCUT2D eigenvalue weighted by Crippen LogP contribution is -2.27. The highest BCUT2D eigenvalue weighted by Gasteiger charge is 2.19. The lowest BCUT2D eigenvalue weighted by Gasteiger charge is -2.17. The zero-order valence-electron chi connectivity index (χ0n) is 16.3. The predicted octanol–water partition coefficient (Wildman–Crippen LogP) is 3.29. The second-order valence-corrected chi connectivity index (χ2v) is 6.57. The first kappa shape index (κ1) is 20.5. The molecule has 0 aliphatic carbocycles. The van der Waals surface area contributed by atoms with Crippen molar-refractivity contribution in [3.05, 3.63) is 47.3 Å². The largest absolute Gasteiger partial charge is 0.482 e. The summed E-state index contributed by atoms with van der Waals surface area (Å²) in [5.41, 5.74) is 2.35. The third-order valence-corrected chi connectivity index (χ3v) is 4.48. The normalized spacial score (nSPS) is 10.9. The van der Waals surface area contributed by atoms with E-state index in [1.807, 2.05) is 29.8 Å². The van der Waals surface area contributed by atoms with Gasteiger partial charge in [-0.3, -0.25) is 9.48 Å². The van der Waals surface area contributed by atoms with Crippen molar-refractivity contribution in [2.24, 2.45) is 0 Å². The molecule has 1 amide bonds. The van der Waals surface area contributed by atoms with Gasteiger partial charge in [0.05, 0.1) is 6.04 Å². The van der Waals surface area contributed by atoms with Gasteiger partial charge in [-0.05, 0) is 43.5 Å². The molecule has 0 spiro atoms. The van der Waals surface area contributed by atoms with Gasteiger partial charge >= 0.3 is 5.97 Å². The number of rotatable bonds is 9. The minimum absolute atomic E-state index is 0.131. The third-order valence-electron chi connectivity index (χ3n) is 4.48. The van der Waals surface area contributed by atoms with Crippen LogP contribution >= 0.6 is 0 Å². The van der Waals surface area contributed by atoms with Crippen molar-refractivity contribution in [2.75, 3.05) is 13.7 Å². The number of hydrogen-bond acceptors (Lipinski definition) is 4. The SMILES string of the molecule is CCC(CC)n1nc(C(=O)N(C)Cc2ccc(OCC(=O)O)cc2)cc1C. The summed E-state index contributed by atoms with van der Waals surface area (Å²) in [6.45, 7) is 6.25. The summed E-state index contributed by atoms with van der Waals surface area (Å²) in [5.74, 6) is -0.670. The molecule has 0 radical (unpaired) electrons. The molecule has 2 aromatic rings. The highest BCUT2D eigenvalue weighted by atomic mass is 16.5. The smallest absolute Gasteiger partial charge is 0.341 e. The summed E-state index contributed by atoms with van der Waals surface area (Å²) in [6, 6.07) is 9.16. The van der Waals surface area contributed by atoms with Crippen LogP contribution in [0, 0.1) is 6.92 Å². The van der Waals surface area contributed by atoms with Gasteiger partial charge in [0.25, 0.3) is 5.91 Å². The van der Waals surface area contributed by atoms with Gasteiger partial charge in [-0.2, -0.15) is 5.10 Å². The van der Waals surface area contributed by atoms with E-state index in [1.54, 1.807) is 24.1 Å². The van der Waals surface area contributed by atoms with Crippen LogP contribution in [0.1, 0.15) is 54.5 Å². The quantitative estimate of drug-likeness (QED) is 0.729. The van der Waals surface area contributed by atoms with E-state index in [0.717, 1.165) is 24.1 Å². The predicted molar refractivity (Wildman–Crippen MR) is 102 cm³/mol. The first-order valence-corrected chi connectivity index (χ1v) is 9.10. The minimum Gasteiger partial charge on any atom is -0.482 e. The zero-order valence-corrected chi connectivity index (χ0v) is 16.3. The van der Waals surface area contributed by atoms with Gasteiger partial charge in [-0.1, -0.05) is 26.0 Å². The summed E-state index contributed by atoms with van der Waals surface area (Å²) in [5, 5.41) is 13.1. The Kier molecular flexibility index (Phi) is 6.98. The standard InChI is InChI=1S/C20H27N3O4/c1-5-16(6-2)23-14(3)11-18(21-23)20(26)22(4)12-15-7-9-17(10-8-15)27-13-19(24)25/h7-11,16H,5-6,12-13H2,1-4H3,(H,24,25). The fourth-order valence-corrected chi connectivity index (χ4v) is 2.97. The minimum atomic E-state index is -1.02. The van der Waals surface area contributed by atoms with Crippen LogP contribution < -0.4 is 4.74 Å². The summed E-state index contributed by atoms with van der Waals surface area (Å²) >= 11 is 0. The number of amides is 1. The fourth-order valence-electron chi connectivity index (χ4n) is 2.97. The van der Waals surface area contributed by atoms with Crippen molar-refractivity contribution in [3.63, 3.8) is 0 Å². The first-order valence-electron chi connectivity index (χ1n) is 9.10. The van der Waals surface area contributed by atoms with Crippen LogP contribution in [0.2, 0.25) is 0 Å². The van der Waals surface area contributed by atoms with Crippen LogP contribution in [0.15, 0.2) is 30.3 Å².